The molecule has 0 radical (unpaired) electrons. The quantitative estimate of drug-likeness (QED) is 0.495. The Morgan fingerprint density at radius 2 is 1.82 bits per heavy atom. The minimum atomic E-state index is -1.73. The van der Waals surface area contributed by atoms with Crippen molar-refractivity contribution in [3.63, 3.8) is 0 Å². The molecular formula is C27H37FN8O4. The number of fused-ring (bicyclic) bond motifs is 1. The van der Waals surface area contributed by atoms with E-state index < -0.39 is 17.7 Å². The summed E-state index contributed by atoms with van der Waals surface area (Å²) >= 11 is 0. The Hall–Kier alpha value is -3.66. The van der Waals surface area contributed by atoms with Crippen LogP contribution in [0.15, 0.2) is 6.20 Å². The Morgan fingerprint density at radius 3 is 2.50 bits per heavy atom. The Morgan fingerprint density at radius 1 is 1.12 bits per heavy atom. The number of carbonyl (C=O) groups is 2. The van der Waals surface area contributed by atoms with Crippen molar-refractivity contribution in [2.75, 3.05) is 56.6 Å². The molecule has 2 aromatic heterocycles. The van der Waals surface area contributed by atoms with Crippen LogP contribution in [0.25, 0.3) is 5.65 Å². The number of hydrogen-bond donors (Lipinski definition) is 2. The highest BCUT2D eigenvalue weighted by Crippen LogP contribution is 2.27. The minimum Gasteiger partial charge on any atom is -0.446 e. The number of piperidine rings is 1. The van der Waals surface area contributed by atoms with Crippen LogP contribution in [0.4, 0.5) is 21.1 Å². The first-order valence-corrected chi connectivity index (χ1v) is 13.9. The van der Waals surface area contributed by atoms with Crippen LogP contribution in [0.1, 0.15) is 57.9 Å². The number of carbonyl (C=O) groups excluding carboxylic acids is 2. The third-order valence-electron chi connectivity index (χ3n) is 7.58. The van der Waals surface area contributed by atoms with Crippen molar-refractivity contribution in [2.45, 2.75) is 70.1 Å². The Balaban J connectivity index is 1.17. The lowest BCUT2D eigenvalue weighted by Crippen LogP contribution is -2.63. The van der Waals surface area contributed by atoms with Gasteiger partial charge < -0.3 is 29.9 Å². The van der Waals surface area contributed by atoms with E-state index in [1.807, 2.05) is 6.20 Å². The molecule has 0 aliphatic carbocycles. The van der Waals surface area contributed by atoms with E-state index in [9.17, 15) is 14.0 Å². The van der Waals surface area contributed by atoms with Gasteiger partial charge in [-0.25, -0.2) is 9.18 Å². The van der Waals surface area contributed by atoms with E-state index in [0.29, 0.717) is 51.0 Å². The highest BCUT2D eigenvalue weighted by molar-refractivity contribution is 5.94. The number of ether oxygens (including phenoxy) is 2. The van der Waals surface area contributed by atoms with Gasteiger partial charge in [0.2, 0.25) is 11.9 Å². The molecule has 0 bridgehead atoms. The number of alkyl halides is 1. The van der Waals surface area contributed by atoms with E-state index in [1.165, 1.54) is 4.90 Å². The van der Waals surface area contributed by atoms with Gasteiger partial charge in [0.15, 0.2) is 11.3 Å². The number of rotatable bonds is 7. The van der Waals surface area contributed by atoms with Crippen molar-refractivity contribution in [1.82, 2.24) is 29.4 Å². The zero-order chi connectivity index (χ0) is 28.3. The highest BCUT2D eigenvalue weighted by atomic mass is 19.1. The molecule has 5 heterocycles. The van der Waals surface area contributed by atoms with E-state index in [-0.39, 0.29) is 37.7 Å². The first kappa shape index (κ1) is 27.9. The molecule has 0 atom stereocenters. The first-order chi connectivity index (χ1) is 19.2. The molecule has 3 aliphatic rings. The number of aromatic nitrogens is 4. The van der Waals surface area contributed by atoms with E-state index >= 15 is 0 Å². The van der Waals surface area contributed by atoms with Crippen molar-refractivity contribution >= 4 is 29.5 Å². The molecule has 216 valence electrons. The summed E-state index contributed by atoms with van der Waals surface area (Å²) in [5, 5.41) is 11.5. The fraction of sp³-hybridized carbons (Fsp3) is 0.667. The third-order valence-corrected chi connectivity index (χ3v) is 7.58. The van der Waals surface area contributed by atoms with Crippen LogP contribution in [0, 0.1) is 11.8 Å². The summed E-state index contributed by atoms with van der Waals surface area (Å²) in [6.45, 7) is 7.51. The van der Waals surface area contributed by atoms with Crippen molar-refractivity contribution < 1.29 is 23.5 Å². The van der Waals surface area contributed by atoms with Crippen LogP contribution in [-0.4, -0.2) is 105 Å². The van der Waals surface area contributed by atoms with Crippen LogP contribution in [-0.2, 0) is 14.3 Å². The molecule has 3 aliphatic heterocycles. The predicted octanol–water partition coefficient (Wildman–Crippen LogP) is 2.43. The standard InChI is InChI=1S/C27H37FN8O4/c1-4-5-22(37)35-15-27(28,16-35)17-40-26(38)34-10-6-19(7-11-34)31-25-33-24(30-20-8-12-39-13-9-20)32-23-21(18(2)3)14-29-36(23)25/h14,18-20H,6-13,15-17H2,1-3H3,(H2,30,31,32,33). The lowest BCUT2D eigenvalue weighted by atomic mass is 9.97. The highest BCUT2D eigenvalue weighted by Gasteiger charge is 2.47. The SMILES string of the molecule is CC#CC(=O)N1CC(F)(COC(=O)N2CCC(Nc3nc(NC4CCOCC4)nc4c(C(C)C)cnn34)CC2)C1. The van der Waals surface area contributed by atoms with E-state index in [0.717, 1.165) is 24.1 Å². The zero-order valence-electron chi connectivity index (χ0n) is 23.3. The molecule has 3 saturated heterocycles. The molecule has 0 saturated carbocycles. The Labute approximate surface area is 233 Å². The largest absolute Gasteiger partial charge is 0.446 e. The van der Waals surface area contributed by atoms with Gasteiger partial charge in [0.25, 0.3) is 5.91 Å². The van der Waals surface area contributed by atoms with Gasteiger partial charge >= 0.3 is 6.09 Å². The van der Waals surface area contributed by atoms with Gasteiger partial charge in [-0.15, -0.1) is 0 Å². The lowest BCUT2D eigenvalue weighted by molar-refractivity contribution is -0.142. The Bertz CT molecular complexity index is 1280. The normalized spacial score (nSPS) is 19.6. The maximum absolute atomic E-state index is 14.8. The number of amides is 2. The fourth-order valence-electron chi connectivity index (χ4n) is 5.21. The minimum absolute atomic E-state index is 0.0585. The van der Waals surface area contributed by atoms with Gasteiger partial charge in [0.05, 0.1) is 19.3 Å². The van der Waals surface area contributed by atoms with Gasteiger partial charge in [-0.3, -0.25) is 4.79 Å². The fourth-order valence-corrected chi connectivity index (χ4v) is 5.21. The molecule has 2 amide bonds. The topological polar surface area (TPSA) is 126 Å². The van der Waals surface area contributed by atoms with Gasteiger partial charge in [0.1, 0.15) is 6.61 Å². The zero-order valence-corrected chi connectivity index (χ0v) is 23.3. The molecule has 13 heteroatoms. The molecule has 40 heavy (non-hydrogen) atoms. The van der Waals surface area contributed by atoms with E-state index in [2.05, 4.69) is 41.4 Å². The molecular weight excluding hydrogens is 519 g/mol. The van der Waals surface area contributed by atoms with Gasteiger partial charge in [-0.2, -0.15) is 19.6 Å². The smallest absolute Gasteiger partial charge is 0.409 e. The number of nitrogens with one attached hydrogen (secondary N) is 2. The van der Waals surface area contributed by atoms with Crippen molar-refractivity contribution in [3.8, 4) is 11.8 Å². The first-order valence-electron chi connectivity index (χ1n) is 13.9. The van der Waals surface area contributed by atoms with Crippen LogP contribution in [0.2, 0.25) is 0 Å². The van der Waals surface area contributed by atoms with Crippen molar-refractivity contribution in [3.05, 3.63) is 11.8 Å². The summed E-state index contributed by atoms with van der Waals surface area (Å²) in [5.74, 6) is 5.89. The van der Waals surface area contributed by atoms with Gasteiger partial charge in [-0.1, -0.05) is 19.8 Å². The summed E-state index contributed by atoms with van der Waals surface area (Å²) in [7, 11) is 0. The molecule has 12 nitrogen and oxygen atoms in total. The summed E-state index contributed by atoms with van der Waals surface area (Å²) in [5.41, 5.74) is 0.0794. The van der Waals surface area contributed by atoms with Crippen LogP contribution in [0.5, 0.6) is 0 Å². The Kier molecular flexibility index (Phi) is 8.25. The monoisotopic (exact) mass is 556 g/mol. The van der Waals surface area contributed by atoms with Gasteiger partial charge in [-0.05, 0) is 44.4 Å². The summed E-state index contributed by atoms with van der Waals surface area (Å²) in [6, 6.07) is 0.309. The molecule has 3 fully saturated rings. The maximum Gasteiger partial charge on any atom is 0.409 e. The molecule has 2 aromatic rings. The van der Waals surface area contributed by atoms with Crippen LogP contribution in [0.3, 0.4) is 0 Å². The lowest BCUT2D eigenvalue weighted by Gasteiger charge is -2.43. The van der Waals surface area contributed by atoms with E-state index in [4.69, 9.17) is 19.4 Å². The molecule has 0 spiro atoms. The average Bonchev–Trinajstić information content (AvgIpc) is 3.36. The summed E-state index contributed by atoms with van der Waals surface area (Å²) in [6.07, 6.45) is 4.42. The summed E-state index contributed by atoms with van der Waals surface area (Å²) < 4.78 is 27.3. The molecule has 0 unspecified atom stereocenters. The van der Waals surface area contributed by atoms with Crippen LogP contribution < -0.4 is 10.6 Å². The molecule has 5 rings (SSSR count). The number of likely N-dealkylation sites (tertiary alicyclic amines) is 2. The molecule has 2 N–H and O–H groups in total. The number of anilines is 2. The average molecular weight is 557 g/mol. The predicted molar refractivity (Wildman–Crippen MR) is 146 cm³/mol. The number of nitrogens with zero attached hydrogens (tertiary/aromatic N) is 6. The number of halogens is 1. The number of hydrogen-bond acceptors (Lipinski definition) is 9. The molecule has 0 aromatic carbocycles. The second-order valence-corrected chi connectivity index (χ2v) is 11.0. The second kappa shape index (κ2) is 11.8. The summed E-state index contributed by atoms with van der Waals surface area (Å²) in [4.78, 5) is 36.8. The van der Waals surface area contributed by atoms with Gasteiger partial charge in [0, 0.05) is 44.0 Å². The maximum atomic E-state index is 14.8. The van der Waals surface area contributed by atoms with Crippen molar-refractivity contribution in [2.24, 2.45) is 0 Å². The third kappa shape index (κ3) is 6.22. The van der Waals surface area contributed by atoms with E-state index in [1.54, 1.807) is 16.3 Å². The second-order valence-electron chi connectivity index (χ2n) is 11.0. The van der Waals surface area contributed by atoms with Crippen molar-refractivity contribution in [1.29, 1.82) is 0 Å². The van der Waals surface area contributed by atoms with Crippen LogP contribution >= 0.6 is 0 Å².